The molecule has 0 unspecified atom stereocenters. The molecule has 13 heavy (non-hydrogen) atoms. The number of amides is 1. The Bertz CT molecular complexity index is 114. The van der Waals surface area contributed by atoms with Gasteiger partial charge < -0.3 is 10.1 Å². The van der Waals surface area contributed by atoms with Crippen molar-refractivity contribution >= 4 is 5.91 Å². The molecule has 0 bridgehead atoms. The first-order chi connectivity index (χ1) is 6.31. The Balaban J connectivity index is 0.000000252. The summed E-state index contributed by atoms with van der Waals surface area (Å²) >= 11 is 0. The van der Waals surface area contributed by atoms with Crippen LogP contribution in [-0.4, -0.2) is 25.7 Å². The highest BCUT2D eigenvalue weighted by Gasteiger charge is 2.03. The Morgan fingerprint density at radius 2 is 1.92 bits per heavy atom. The summed E-state index contributed by atoms with van der Waals surface area (Å²) in [5.74, 6) is 0.225. The first kappa shape index (κ1) is 12.4. The zero-order chi connectivity index (χ0) is 9.94. The highest BCUT2D eigenvalue weighted by atomic mass is 16.5. The van der Waals surface area contributed by atoms with Gasteiger partial charge in [-0.05, 0) is 26.7 Å². The van der Waals surface area contributed by atoms with Crippen molar-refractivity contribution in [3.63, 3.8) is 0 Å². The lowest BCUT2D eigenvalue weighted by Gasteiger charge is -1.93. The maximum atomic E-state index is 10.6. The first-order valence-electron chi connectivity index (χ1n) is 5.15. The molecule has 0 spiro atoms. The quantitative estimate of drug-likeness (QED) is 0.715. The van der Waals surface area contributed by atoms with E-state index in [1.54, 1.807) is 0 Å². The summed E-state index contributed by atoms with van der Waals surface area (Å²) in [4.78, 5) is 10.6. The van der Waals surface area contributed by atoms with E-state index in [1.807, 2.05) is 13.8 Å². The van der Waals surface area contributed by atoms with Crippen LogP contribution < -0.4 is 5.32 Å². The summed E-state index contributed by atoms with van der Waals surface area (Å²) < 4.78 is 4.83. The maximum Gasteiger partial charge on any atom is 0.219 e. The second-order valence-corrected chi connectivity index (χ2v) is 2.94. The Labute approximate surface area is 80.8 Å². The third-order valence-electron chi connectivity index (χ3n) is 1.81. The van der Waals surface area contributed by atoms with E-state index < -0.39 is 0 Å². The third-order valence-corrected chi connectivity index (χ3v) is 1.81. The highest BCUT2D eigenvalue weighted by Crippen LogP contribution is 2.02. The summed E-state index contributed by atoms with van der Waals surface area (Å²) in [5.41, 5.74) is 0. The van der Waals surface area contributed by atoms with Crippen LogP contribution >= 0.6 is 0 Å². The number of rotatable bonds is 2. The topological polar surface area (TPSA) is 38.3 Å². The molecule has 3 nitrogen and oxygen atoms in total. The molecule has 1 fully saturated rings. The lowest BCUT2D eigenvalue weighted by molar-refractivity contribution is -0.120. The minimum atomic E-state index is 0.225. The summed E-state index contributed by atoms with van der Waals surface area (Å²) in [6, 6.07) is 0. The van der Waals surface area contributed by atoms with E-state index in [1.165, 1.54) is 6.42 Å². The van der Waals surface area contributed by atoms with Crippen LogP contribution in [-0.2, 0) is 9.53 Å². The molecule has 0 aromatic heterocycles. The van der Waals surface area contributed by atoms with Gasteiger partial charge in [0, 0.05) is 26.2 Å². The van der Waals surface area contributed by atoms with Gasteiger partial charge in [0.15, 0.2) is 0 Å². The molecule has 1 saturated heterocycles. The molecule has 3 heteroatoms. The van der Waals surface area contributed by atoms with E-state index >= 15 is 0 Å². The van der Waals surface area contributed by atoms with Crippen LogP contribution in [0.3, 0.4) is 0 Å². The van der Waals surface area contributed by atoms with Gasteiger partial charge >= 0.3 is 0 Å². The molecule has 0 radical (unpaired) electrons. The third kappa shape index (κ3) is 9.34. The second-order valence-electron chi connectivity index (χ2n) is 2.94. The van der Waals surface area contributed by atoms with Gasteiger partial charge in [-0.15, -0.1) is 0 Å². The van der Waals surface area contributed by atoms with Crippen molar-refractivity contribution < 1.29 is 9.53 Å². The van der Waals surface area contributed by atoms with E-state index in [0.29, 0.717) is 0 Å². The van der Waals surface area contributed by atoms with Crippen LogP contribution in [0.4, 0.5) is 0 Å². The molecule has 0 saturated carbocycles. The van der Waals surface area contributed by atoms with E-state index in [-0.39, 0.29) is 5.91 Å². The molecule has 1 rings (SSSR count). The number of ether oxygens (including phenoxy) is 1. The molecule has 1 amide bonds. The molecule has 1 aliphatic rings. The molecule has 0 aromatic carbocycles. The predicted octanol–water partition coefficient (Wildman–Crippen LogP) is 1.72. The van der Waals surface area contributed by atoms with Crippen molar-refractivity contribution in [3.8, 4) is 0 Å². The van der Waals surface area contributed by atoms with Crippen LogP contribution in [0, 0.1) is 0 Å². The van der Waals surface area contributed by atoms with Crippen molar-refractivity contribution in [1.82, 2.24) is 5.32 Å². The molecular weight excluding hydrogens is 166 g/mol. The zero-order valence-corrected chi connectivity index (χ0v) is 8.77. The van der Waals surface area contributed by atoms with Gasteiger partial charge in [0.1, 0.15) is 0 Å². The summed E-state index contributed by atoms with van der Waals surface area (Å²) in [6.45, 7) is 6.55. The minimum Gasteiger partial charge on any atom is -0.382 e. The SMILES string of the molecule is CCOCC.O=C1CCCCCN1. The van der Waals surface area contributed by atoms with Gasteiger partial charge in [0.2, 0.25) is 5.91 Å². The average molecular weight is 187 g/mol. The molecule has 0 aromatic rings. The van der Waals surface area contributed by atoms with Gasteiger partial charge in [-0.25, -0.2) is 0 Å². The van der Waals surface area contributed by atoms with E-state index in [9.17, 15) is 4.79 Å². The number of carbonyl (C=O) groups excluding carboxylic acids is 1. The Hall–Kier alpha value is -0.570. The summed E-state index contributed by atoms with van der Waals surface area (Å²) in [7, 11) is 0. The molecule has 0 atom stereocenters. The highest BCUT2D eigenvalue weighted by molar-refractivity contribution is 5.75. The fraction of sp³-hybridized carbons (Fsp3) is 0.900. The van der Waals surface area contributed by atoms with Gasteiger partial charge in [0.25, 0.3) is 0 Å². The van der Waals surface area contributed by atoms with Gasteiger partial charge in [-0.3, -0.25) is 4.79 Å². The average Bonchev–Trinajstić information content (AvgIpc) is 2.35. The molecule has 0 aliphatic carbocycles. The molecule has 1 heterocycles. The Kier molecular flexibility index (Phi) is 9.10. The lowest BCUT2D eigenvalue weighted by atomic mass is 10.2. The maximum absolute atomic E-state index is 10.6. The standard InChI is InChI=1S/C6H11NO.C4H10O/c8-6-4-2-1-3-5-7-6;1-3-5-4-2/h1-5H2,(H,7,8);3-4H2,1-2H3. The number of carbonyl (C=O) groups is 1. The van der Waals surface area contributed by atoms with Crippen LogP contribution in [0.2, 0.25) is 0 Å². The summed E-state index contributed by atoms with van der Waals surface area (Å²) in [5, 5.41) is 2.81. The zero-order valence-electron chi connectivity index (χ0n) is 8.77. The first-order valence-corrected chi connectivity index (χ1v) is 5.15. The van der Waals surface area contributed by atoms with Crippen LogP contribution in [0.5, 0.6) is 0 Å². The normalized spacial score (nSPS) is 16.6. The smallest absolute Gasteiger partial charge is 0.219 e. The summed E-state index contributed by atoms with van der Waals surface area (Å²) in [6.07, 6.45) is 4.18. The largest absolute Gasteiger partial charge is 0.382 e. The monoisotopic (exact) mass is 187 g/mol. The Morgan fingerprint density at radius 3 is 2.46 bits per heavy atom. The van der Waals surface area contributed by atoms with Crippen LogP contribution in [0.25, 0.3) is 0 Å². The van der Waals surface area contributed by atoms with E-state index in [2.05, 4.69) is 5.32 Å². The predicted molar refractivity (Wildman–Crippen MR) is 53.6 cm³/mol. The minimum absolute atomic E-state index is 0.225. The van der Waals surface area contributed by atoms with Crippen LogP contribution in [0.15, 0.2) is 0 Å². The van der Waals surface area contributed by atoms with E-state index in [4.69, 9.17) is 4.74 Å². The van der Waals surface area contributed by atoms with Crippen molar-refractivity contribution in [2.24, 2.45) is 0 Å². The number of hydrogen-bond donors (Lipinski definition) is 1. The van der Waals surface area contributed by atoms with Gasteiger partial charge in [-0.2, -0.15) is 0 Å². The van der Waals surface area contributed by atoms with Gasteiger partial charge in [0.05, 0.1) is 0 Å². The van der Waals surface area contributed by atoms with Gasteiger partial charge in [-0.1, -0.05) is 6.42 Å². The molecule has 78 valence electrons. The molecule has 1 N–H and O–H groups in total. The van der Waals surface area contributed by atoms with Crippen molar-refractivity contribution in [2.75, 3.05) is 19.8 Å². The number of nitrogens with one attached hydrogen (secondary N) is 1. The van der Waals surface area contributed by atoms with E-state index in [0.717, 1.165) is 39.0 Å². The molecule has 1 aliphatic heterocycles. The fourth-order valence-electron chi connectivity index (χ4n) is 1.11. The lowest BCUT2D eigenvalue weighted by Crippen LogP contribution is -2.21. The van der Waals surface area contributed by atoms with Crippen molar-refractivity contribution in [1.29, 1.82) is 0 Å². The number of hydrogen-bond acceptors (Lipinski definition) is 2. The van der Waals surface area contributed by atoms with Crippen molar-refractivity contribution in [2.45, 2.75) is 39.5 Å². The fourth-order valence-corrected chi connectivity index (χ4v) is 1.11. The second kappa shape index (κ2) is 9.52. The van der Waals surface area contributed by atoms with Crippen LogP contribution in [0.1, 0.15) is 39.5 Å². The Morgan fingerprint density at radius 1 is 1.23 bits per heavy atom. The van der Waals surface area contributed by atoms with Crippen molar-refractivity contribution in [3.05, 3.63) is 0 Å². The molecular formula is C10H21NO2.